The minimum Gasteiger partial charge on any atom is -0.496 e. The monoisotopic (exact) mass is 587 g/mol. The van der Waals surface area contributed by atoms with Gasteiger partial charge in [-0.3, -0.25) is 9.36 Å². The lowest BCUT2D eigenvalue weighted by molar-refractivity contribution is -0.129. The normalized spacial score (nSPS) is 11.3. The summed E-state index contributed by atoms with van der Waals surface area (Å²) < 4.78 is 25.8. The quantitative estimate of drug-likeness (QED) is 0.195. The van der Waals surface area contributed by atoms with E-state index in [9.17, 15) is 9.59 Å². The van der Waals surface area contributed by atoms with E-state index in [2.05, 4.69) is 0 Å². The molecule has 0 atom stereocenters. The molecule has 0 spiro atoms. The maximum absolute atomic E-state index is 13.7. The molecule has 4 aromatic rings. The minimum absolute atomic E-state index is 0.0330. The van der Waals surface area contributed by atoms with Crippen LogP contribution in [-0.4, -0.2) is 47.1 Å². The fourth-order valence-electron chi connectivity index (χ4n) is 4.73. The lowest BCUT2D eigenvalue weighted by atomic mass is 10.0. The Bertz CT molecular complexity index is 1580. The van der Waals surface area contributed by atoms with E-state index >= 15 is 0 Å². The van der Waals surface area contributed by atoms with Crippen molar-refractivity contribution in [2.24, 2.45) is 0 Å². The van der Waals surface area contributed by atoms with Gasteiger partial charge in [-0.05, 0) is 63.8 Å². The first-order valence-electron chi connectivity index (χ1n) is 14.3. The SMILES string of the molecule is COc1cc(OC)c(Cn2c(CCCc3ccc(OC(C)(C)C(C)=O)cc3)nn(Cc3ccc(C)cc3)c2=O)c(OC)c1. The van der Waals surface area contributed by atoms with Crippen molar-refractivity contribution in [2.45, 2.75) is 65.6 Å². The Hall–Kier alpha value is -4.53. The molecule has 1 aromatic heterocycles. The Morgan fingerprint density at radius 2 is 1.42 bits per heavy atom. The highest BCUT2D eigenvalue weighted by molar-refractivity contribution is 5.84. The summed E-state index contributed by atoms with van der Waals surface area (Å²) in [5, 5.41) is 4.78. The van der Waals surface area contributed by atoms with E-state index in [4.69, 9.17) is 24.0 Å². The first kappa shape index (κ1) is 31.4. The van der Waals surface area contributed by atoms with E-state index in [1.54, 1.807) is 51.9 Å². The Morgan fingerprint density at radius 3 is 1.98 bits per heavy atom. The summed E-state index contributed by atoms with van der Waals surface area (Å²) >= 11 is 0. The molecular formula is C34H41N3O6. The van der Waals surface area contributed by atoms with Crippen molar-refractivity contribution in [1.29, 1.82) is 0 Å². The van der Waals surface area contributed by atoms with Crippen LogP contribution < -0.4 is 24.6 Å². The van der Waals surface area contributed by atoms with Crippen LogP contribution in [0.3, 0.4) is 0 Å². The van der Waals surface area contributed by atoms with Gasteiger partial charge in [0.05, 0.1) is 40.0 Å². The number of Topliss-reactive ketones (excluding diaryl/α,β-unsaturated/α-hetero) is 1. The van der Waals surface area contributed by atoms with Gasteiger partial charge >= 0.3 is 5.69 Å². The lowest BCUT2D eigenvalue weighted by Gasteiger charge is -2.23. The van der Waals surface area contributed by atoms with Crippen molar-refractivity contribution in [3.8, 4) is 23.0 Å². The van der Waals surface area contributed by atoms with E-state index in [0.29, 0.717) is 41.8 Å². The predicted octanol–water partition coefficient (Wildman–Crippen LogP) is 5.40. The van der Waals surface area contributed by atoms with Crippen LogP contribution in [0.15, 0.2) is 65.5 Å². The van der Waals surface area contributed by atoms with Crippen molar-refractivity contribution >= 4 is 5.78 Å². The number of ketones is 1. The zero-order valence-corrected chi connectivity index (χ0v) is 26.1. The number of aromatic nitrogens is 3. The minimum atomic E-state index is -0.877. The summed E-state index contributed by atoms with van der Waals surface area (Å²) in [5.41, 5.74) is 2.93. The molecule has 9 heteroatoms. The summed E-state index contributed by atoms with van der Waals surface area (Å²) in [4.78, 5) is 25.6. The summed E-state index contributed by atoms with van der Waals surface area (Å²) in [6.07, 6.45) is 2.15. The second-order valence-electron chi connectivity index (χ2n) is 11.1. The maximum atomic E-state index is 13.7. The molecule has 0 N–H and O–H groups in total. The molecule has 43 heavy (non-hydrogen) atoms. The number of benzene rings is 3. The van der Waals surface area contributed by atoms with Crippen LogP contribution in [0.4, 0.5) is 0 Å². The highest BCUT2D eigenvalue weighted by Crippen LogP contribution is 2.34. The van der Waals surface area contributed by atoms with Crippen LogP contribution in [0.2, 0.25) is 0 Å². The molecule has 0 aliphatic heterocycles. The highest BCUT2D eigenvalue weighted by atomic mass is 16.5. The van der Waals surface area contributed by atoms with Gasteiger partial charge in [-0.25, -0.2) is 9.48 Å². The van der Waals surface area contributed by atoms with Crippen molar-refractivity contribution in [3.05, 3.63) is 99.2 Å². The molecule has 9 nitrogen and oxygen atoms in total. The van der Waals surface area contributed by atoms with Gasteiger partial charge < -0.3 is 18.9 Å². The molecule has 0 saturated heterocycles. The number of methoxy groups -OCH3 is 3. The molecular weight excluding hydrogens is 546 g/mol. The van der Waals surface area contributed by atoms with E-state index in [0.717, 1.165) is 35.1 Å². The maximum Gasteiger partial charge on any atom is 0.346 e. The van der Waals surface area contributed by atoms with Crippen molar-refractivity contribution < 1.29 is 23.7 Å². The third-order valence-corrected chi connectivity index (χ3v) is 7.60. The van der Waals surface area contributed by atoms with Gasteiger partial charge in [0.1, 0.15) is 28.8 Å². The molecule has 228 valence electrons. The standard InChI is InChI=1S/C34H41N3O6/c1-23-11-13-26(14-12-23)21-37-33(39)36(22-29-30(41-6)19-28(40-5)20-31(29)42-7)32(35-37)10-8-9-25-15-17-27(18-16-25)43-34(3,4)24(2)38/h11-20H,8-10,21-22H2,1-7H3. The Balaban J connectivity index is 1.59. The van der Waals surface area contributed by atoms with Gasteiger partial charge in [-0.1, -0.05) is 42.0 Å². The average Bonchev–Trinajstić information content (AvgIpc) is 3.28. The fourth-order valence-corrected chi connectivity index (χ4v) is 4.73. The van der Waals surface area contributed by atoms with Gasteiger partial charge in [-0.15, -0.1) is 0 Å². The van der Waals surface area contributed by atoms with Gasteiger partial charge in [0.15, 0.2) is 11.4 Å². The number of carbonyl (C=O) groups excluding carboxylic acids is 1. The van der Waals surface area contributed by atoms with E-state index in [1.165, 1.54) is 11.6 Å². The molecule has 0 amide bonds. The van der Waals surface area contributed by atoms with Crippen LogP contribution in [-0.2, 0) is 30.7 Å². The average molecular weight is 588 g/mol. The Labute approximate surface area is 253 Å². The molecule has 4 rings (SSSR count). The molecule has 1 heterocycles. The van der Waals surface area contributed by atoms with Crippen LogP contribution >= 0.6 is 0 Å². The molecule has 3 aromatic carbocycles. The lowest BCUT2D eigenvalue weighted by Crippen LogP contribution is -2.36. The van der Waals surface area contributed by atoms with Gasteiger partial charge in [0.2, 0.25) is 0 Å². The summed E-state index contributed by atoms with van der Waals surface area (Å²) in [7, 11) is 4.75. The van der Waals surface area contributed by atoms with Crippen molar-refractivity contribution in [1.82, 2.24) is 14.3 Å². The van der Waals surface area contributed by atoms with E-state index in [1.807, 2.05) is 55.5 Å². The summed E-state index contributed by atoms with van der Waals surface area (Å²) in [6, 6.07) is 19.4. The fraction of sp³-hybridized carbons (Fsp3) is 0.382. The van der Waals surface area contributed by atoms with Gasteiger partial charge in [0.25, 0.3) is 0 Å². The largest absolute Gasteiger partial charge is 0.496 e. The van der Waals surface area contributed by atoms with Gasteiger partial charge in [-0.2, -0.15) is 5.10 Å². The van der Waals surface area contributed by atoms with Crippen molar-refractivity contribution in [2.75, 3.05) is 21.3 Å². The number of nitrogens with zero attached hydrogens (tertiary/aromatic N) is 3. The van der Waals surface area contributed by atoms with Gasteiger partial charge in [0, 0.05) is 18.6 Å². The number of aryl methyl sites for hydroxylation is 3. The zero-order chi connectivity index (χ0) is 31.1. The third-order valence-electron chi connectivity index (χ3n) is 7.60. The Morgan fingerprint density at radius 1 is 0.814 bits per heavy atom. The highest BCUT2D eigenvalue weighted by Gasteiger charge is 2.25. The molecule has 0 aliphatic rings. The first-order valence-corrected chi connectivity index (χ1v) is 14.3. The Kier molecular flexibility index (Phi) is 9.95. The third kappa shape index (κ3) is 7.66. The molecule has 0 radical (unpaired) electrons. The molecule has 0 saturated carbocycles. The number of hydrogen-bond donors (Lipinski definition) is 0. The number of carbonyl (C=O) groups is 1. The van der Waals surface area contributed by atoms with Crippen LogP contribution in [0.25, 0.3) is 0 Å². The zero-order valence-electron chi connectivity index (χ0n) is 26.1. The molecule has 0 fully saturated rings. The van der Waals surface area contributed by atoms with Crippen LogP contribution in [0, 0.1) is 6.92 Å². The van der Waals surface area contributed by atoms with E-state index in [-0.39, 0.29) is 18.0 Å². The predicted molar refractivity (Wildman–Crippen MR) is 166 cm³/mol. The number of hydrogen-bond acceptors (Lipinski definition) is 7. The number of rotatable bonds is 14. The van der Waals surface area contributed by atoms with E-state index < -0.39 is 5.60 Å². The van der Waals surface area contributed by atoms with Crippen molar-refractivity contribution in [3.63, 3.8) is 0 Å². The molecule has 0 unspecified atom stereocenters. The smallest absolute Gasteiger partial charge is 0.346 e. The number of ether oxygens (including phenoxy) is 4. The molecule has 0 bridgehead atoms. The topological polar surface area (TPSA) is 93.8 Å². The second-order valence-corrected chi connectivity index (χ2v) is 11.1. The van der Waals surface area contributed by atoms with Crippen LogP contribution in [0.5, 0.6) is 23.0 Å². The first-order chi connectivity index (χ1) is 20.5. The second kappa shape index (κ2) is 13.6. The van der Waals surface area contributed by atoms with Crippen LogP contribution in [0.1, 0.15) is 55.3 Å². The summed E-state index contributed by atoms with van der Waals surface area (Å²) in [6.45, 7) is 7.68. The summed E-state index contributed by atoms with van der Waals surface area (Å²) in [5.74, 6) is 3.03. The molecule has 0 aliphatic carbocycles.